The lowest BCUT2D eigenvalue weighted by Gasteiger charge is -2.13. The van der Waals surface area contributed by atoms with Crippen molar-refractivity contribution in [2.75, 3.05) is 19.6 Å². The zero-order valence-corrected chi connectivity index (χ0v) is 12.0. The van der Waals surface area contributed by atoms with E-state index >= 15 is 0 Å². The number of rotatable bonds is 4. The first kappa shape index (κ1) is 14.4. The first-order valence-corrected chi connectivity index (χ1v) is 6.75. The molecule has 1 aliphatic rings. The lowest BCUT2D eigenvalue weighted by molar-refractivity contribution is 0.146. The number of aliphatic hydroxyl groups excluding tert-OH is 1. The highest BCUT2D eigenvalue weighted by Crippen LogP contribution is 2.19. The maximum absolute atomic E-state index is 9.58. The van der Waals surface area contributed by atoms with Gasteiger partial charge in [0, 0.05) is 46.8 Å². The summed E-state index contributed by atoms with van der Waals surface area (Å²) in [6, 6.07) is 2.13. The monoisotopic (exact) mass is 326 g/mol. The SMILES string of the molecule is Cl.OC1CNCC1CNCc1cc(Br)cs1. The second-order valence-electron chi connectivity index (χ2n) is 3.85. The topological polar surface area (TPSA) is 44.3 Å². The normalized spacial score (nSPS) is 24.4. The van der Waals surface area contributed by atoms with E-state index in [0.29, 0.717) is 5.92 Å². The number of nitrogens with one attached hydrogen (secondary N) is 2. The zero-order valence-electron chi connectivity index (χ0n) is 8.78. The molecule has 92 valence electrons. The van der Waals surface area contributed by atoms with Crippen molar-refractivity contribution in [2.24, 2.45) is 5.92 Å². The second kappa shape index (κ2) is 6.93. The molecular weight excluding hydrogens is 312 g/mol. The Morgan fingerprint density at radius 2 is 2.38 bits per heavy atom. The van der Waals surface area contributed by atoms with Crippen molar-refractivity contribution in [1.82, 2.24) is 10.6 Å². The van der Waals surface area contributed by atoms with Gasteiger partial charge in [-0.15, -0.1) is 23.7 Å². The highest BCUT2D eigenvalue weighted by molar-refractivity contribution is 9.10. The highest BCUT2D eigenvalue weighted by atomic mass is 79.9. The van der Waals surface area contributed by atoms with Gasteiger partial charge in [-0.25, -0.2) is 0 Å². The molecule has 1 aliphatic heterocycles. The van der Waals surface area contributed by atoms with Crippen LogP contribution in [0.4, 0.5) is 0 Å². The van der Waals surface area contributed by atoms with E-state index in [0.717, 1.165) is 30.7 Å². The van der Waals surface area contributed by atoms with Crippen LogP contribution in [0.15, 0.2) is 15.9 Å². The van der Waals surface area contributed by atoms with Crippen molar-refractivity contribution in [3.63, 3.8) is 0 Å². The van der Waals surface area contributed by atoms with Gasteiger partial charge in [0.05, 0.1) is 6.10 Å². The van der Waals surface area contributed by atoms with Gasteiger partial charge >= 0.3 is 0 Å². The number of aliphatic hydroxyl groups is 1. The van der Waals surface area contributed by atoms with E-state index in [1.165, 1.54) is 4.88 Å². The van der Waals surface area contributed by atoms with Crippen molar-refractivity contribution in [3.8, 4) is 0 Å². The van der Waals surface area contributed by atoms with Gasteiger partial charge in [-0.3, -0.25) is 0 Å². The summed E-state index contributed by atoms with van der Waals surface area (Å²) < 4.78 is 1.15. The van der Waals surface area contributed by atoms with E-state index in [4.69, 9.17) is 0 Å². The third-order valence-electron chi connectivity index (χ3n) is 2.63. The molecule has 1 aromatic heterocycles. The largest absolute Gasteiger partial charge is 0.391 e. The quantitative estimate of drug-likeness (QED) is 0.787. The average Bonchev–Trinajstić information content (AvgIpc) is 2.77. The van der Waals surface area contributed by atoms with Crippen molar-refractivity contribution in [1.29, 1.82) is 0 Å². The predicted octanol–water partition coefficient (Wildman–Crippen LogP) is 1.60. The van der Waals surface area contributed by atoms with Crippen LogP contribution in [0.1, 0.15) is 4.88 Å². The summed E-state index contributed by atoms with van der Waals surface area (Å²) in [6.07, 6.45) is -0.187. The fourth-order valence-electron chi connectivity index (χ4n) is 1.75. The van der Waals surface area contributed by atoms with Crippen LogP contribution in [0.5, 0.6) is 0 Å². The van der Waals surface area contributed by atoms with E-state index in [9.17, 15) is 5.11 Å². The Morgan fingerprint density at radius 1 is 1.56 bits per heavy atom. The Bertz CT molecular complexity index is 324. The number of halogens is 2. The lowest BCUT2D eigenvalue weighted by Crippen LogP contribution is -2.29. The molecule has 0 aromatic carbocycles. The minimum Gasteiger partial charge on any atom is -0.391 e. The molecule has 3 nitrogen and oxygen atoms in total. The third kappa shape index (κ3) is 3.98. The standard InChI is InChI=1S/C10H15BrN2OS.ClH/c11-8-1-9(15-6-8)4-12-2-7-3-13-5-10(7)14;/h1,6-7,10,12-14H,2-5H2;1H. The van der Waals surface area contributed by atoms with E-state index < -0.39 is 0 Å². The average molecular weight is 328 g/mol. The van der Waals surface area contributed by atoms with Gasteiger partial charge in [-0.05, 0) is 22.0 Å². The molecule has 2 heterocycles. The molecule has 6 heteroatoms. The molecule has 1 fully saturated rings. The van der Waals surface area contributed by atoms with Crippen LogP contribution in [0.25, 0.3) is 0 Å². The summed E-state index contributed by atoms with van der Waals surface area (Å²) in [5, 5.41) is 18.2. The second-order valence-corrected chi connectivity index (χ2v) is 5.76. The van der Waals surface area contributed by atoms with Crippen molar-refractivity contribution < 1.29 is 5.11 Å². The Kier molecular flexibility index (Phi) is 6.25. The van der Waals surface area contributed by atoms with E-state index in [2.05, 4.69) is 38.0 Å². The molecule has 16 heavy (non-hydrogen) atoms. The van der Waals surface area contributed by atoms with E-state index in [1.54, 1.807) is 11.3 Å². The van der Waals surface area contributed by atoms with Crippen LogP contribution < -0.4 is 10.6 Å². The molecule has 0 bridgehead atoms. The molecule has 0 amide bonds. The van der Waals surface area contributed by atoms with Crippen LogP contribution in [-0.2, 0) is 6.54 Å². The summed E-state index contributed by atoms with van der Waals surface area (Å²) in [5.74, 6) is 0.355. The fourth-order valence-corrected chi connectivity index (χ4v) is 3.18. The molecule has 0 aliphatic carbocycles. The maximum atomic E-state index is 9.58. The number of hydrogen-bond acceptors (Lipinski definition) is 4. The van der Waals surface area contributed by atoms with Crippen LogP contribution in [0.2, 0.25) is 0 Å². The Balaban J connectivity index is 0.00000128. The van der Waals surface area contributed by atoms with Gasteiger partial charge in [0.25, 0.3) is 0 Å². The summed E-state index contributed by atoms with van der Waals surface area (Å²) in [5.41, 5.74) is 0. The third-order valence-corrected chi connectivity index (χ3v) is 4.33. The smallest absolute Gasteiger partial charge is 0.0716 e. The molecule has 2 unspecified atom stereocenters. The minimum atomic E-state index is -0.187. The van der Waals surface area contributed by atoms with Crippen molar-refractivity contribution in [2.45, 2.75) is 12.6 Å². The van der Waals surface area contributed by atoms with Crippen molar-refractivity contribution >= 4 is 39.7 Å². The minimum absolute atomic E-state index is 0. The van der Waals surface area contributed by atoms with E-state index in [-0.39, 0.29) is 18.5 Å². The first-order valence-electron chi connectivity index (χ1n) is 5.08. The van der Waals surface area contributed by atoms with Crippen LogP contribution in [-0.4, -0.2) is 30.8 Å². The summed E-state index contributed by atoms with van der Waals surface area (Å²) in [7, 11) is 0. The molecule has 2 atom stereocenters. The molecule has 0 radical (unpaired) electrons. The van der Waals surface area contributed by atoms with Gasteiger partial charge in [-0.2, -0.15) is 0 Å². The van der Waals surface area contributed by atoms with Gasteiger partial charge in [0.15, 0.2) is 0 Å². The van der Waals surface area contributed by atoms with Gasteiger partial charge < -0.3 is 15.7 Å². The molecule has 0 spiro atoms. The van der Waals surface area contributed by atoms with Crippen LogP contribution >= 0.6 is 39.7 Å². The van der Waals surface area contributed by atoms with Crippen LogP contribution in [0, 0.1) is 5.92 Å². The van der Waals surface area contributed by atoms with E-state index in [1.807, 2.05) is 0 Å². The highest BCUT2D eigenvalue weighted by Gasteiger charge is 2.23. The molecule has 2 rings (SSSR count). The molecule has 3 N–H and O–H groups in total. The zero-order chi connectivity index (χ0) is 10.7. The summed E-state index contributed by atoms with van der Waals surface area (Å²) in [6.45, 7) is 3.42. The van der Waals surface area contributed by atoms with Gasteiger partial charge in [0.1, 0.15) is 0 Å². The molecular formula is C10H16BrClN2OS. The predicted molar refractivity (Wildman–Crippen MR) is 73.3 cm³/mol. The number of β-amino-alcohol motifs (C(OH)–C–C–N with tert-alkyl or cyclic N) is 1. The van der Waals surface area contributed by atoms with Crippen molar-refractivity contribution in [3.05, 3.63) is 20.8 Å². The summed E-state index contributed by atoms with van der Waals surface area (Å²) >= 11 is 5.18. The van der Waals surface area contributed by atoms with Gasteiger partial charge in [0.2, 0.25) is 0 Å². The number of thiophene rings is 1. The first-order chi connectivity index (χ1) is 7.25. The Hall–Kier alpha value is 0.350. The Morgan fingerprint density at radius 3 is 2.94 bits per heavy atom. The maximum Gasteiger partial charge on any atom is 0.0716 e. The van der Waals surface area contributed by atoms with Gasteiger partial charge in [-0.1, -0.05) is 0 Å². The molecule has 1 saturated heterocycles. The fraction of sp³-hybridized carbons (Fsp3) is 0.600. The summed E-state index contributed by atoms with van der Waals surface area (Å²) in [4.78, 5) is 1.32. The lowest BCUT2D eigenvalue weighted by atomic mass is 10.1. The van der Waals surface area contributed by atoms with Crippen LogP contribution in [0.3, 0.4) is 0 Å². The Labute approximate surface area is 114 Å². The number of hydrogen-bond donors (Lipinski definition) is 3. The molecule has 0 saturated carbocycles. The molecule has 1 aromatic rings.